The minimum absolute atomic E-state index is 0. The van der Waals surface area contributed by atoms with Crippen LogP contribution in [0.15, 0.2) is 85.5 Å². The van der Waals surface area contributed by atoms with Crippen LogP contribution in [-0.4, -0.2) is 33.9 Å². The molecule has 9 rings (SSSR count). The first-order chi connectivity index (χ1) is 30.4. The summed E-state index contributed by atoms with van der Waals surface area (Å²) < 4.78 is 49.0. The van der Waals surface area contributed by atoms with E-state index >= 15 is 0 Å². The van der Waals surface area contributed by atoms with E-state index in [1.54, 1.807) is 21.9 Å². The van der Waals surface area contributed by atoms with Gasteiger partial charge in [-0.15, -0.1) is 59.5 Å². The third-order valence-corrected chi connectivity index (χ3v) is 10.3. The predicted octanol–water partition coefficient (Wildman–Crippen LogP) is 10.2. The Balaban J connectivity index is 0.000000292. The van der Waals surface area contributed by atoms with Gasteiger partial charge in [0.2, 0.25) is 0 Å². The molecule has 0 aliphatic carbocycles. The zero-order valence-corrected chi connectivity index (χ0v) is 35.5. The SMILES string of the molecule is N#Cc1ccc2[n-]c3ccc(C#N)cc3c2c1.[2H]C([2H])([2H])N1[CH-]N(c2[c-]c(N3[CH-]N(C([2H])([2H])[2H])c4nccnc43)cc(-c3c(C(C)C)cc(C(C)C)cc3C(C)C)c2)c2nccnc21.[Pt+4]. The average molecular weight is 963 g/mol. The molecule has 0 spiro atoms. The van der Waals surface area contributed by atoms with Crippen LogP contribution >= 0.6 is 0 Å². The van der Waals surface area contributed by atoms with Crippen molar-refractivity contribution in [2.75, 3.05) is 33.6 Å². The quantitative estimate of drug-likeness (QED) is 0.148. The number of fused-ring (bicyclic) bond motifs is 5. The fraction of sp³-hybridized carbons (Fsp3) is 0.234. The maximum atomic E-state index is 8.88. The van der Waals surface area contributed by atoms with E-state index in [9.17, 15) is 0 Å². The Labute approximate surface area is 368 Å². The van der Waals surface area contributed by atoms with Crippen LogP contribution in [-0.2, 0) is 21.1 Å². The molecule has 296 valence electrons. The number of aromatic nitrogens is 5. The van der Waals surface area contributed by atoms with Crippen molar-refractivity contribution >= 4 is 56.5 Å². The van der Waals surface area contributed by atoms with E-state index in [1.165, 1.54) is 54.8 Å². The van der Waals surface area contributed by atoms with Crippen molar-refractivity contribution in [3.05, 3.63) is 133 Å². The van der Waals surface area contributed by atoms with Crippen molar-refractivity contribution in [2.24, 2.45) is 0 Å². The summed E-state index contributed by atoms with van der Waals surface area (Å²) in [5, 5.41) is 19.6. The first-order valence-electron chi connectivity index (χ1n) is 21.9. The molecule has 0 saturated carbocycles. The molecule has 0 unspecified atom stereocenters. The molecule has 2 aliphatic heterocycles. The van der Waals surface area contributed by atoms with Crippen molar-refractivity contribution in [1.82, 2.24) is 24.9 Å². The van der Waals surface area contributed by atoms with E-state index in [-0.39, 0.29) is 44.5 Å². The van der Waals surface area contributed by atoms with E-state index in [0.29, 0.717) is 40.1 Å². The molecule has 59 heavy (non-hydrogen) atoms. The molecule has 0 atom stereocenters. The number of nitriles is 2. The summed E-state index contributed by atoms with van der Waals surface area (Å²) in [7, 11) is 0. The van der Waals surface area contributed by atoms with Crippen LogP contribution < -0.4 is 24.6 Å². The van der Waals surface area contributed by atoms with Gasteiger partial charge in [0.1, 0.15) is 23.3 Å². The number of hydrogen-bond donors (Lipinski definition) is 0. The van der Waals surface area contributed by atoms with Gasteiger partial charge in [-0.3, -0.25) is 0 Å². The molecular weight excluding hydrogens is 914 g/mol. The van der Waals surface area contributed by atoms with Gasteiger partial charge in [0, 0.05) is 33.0 Å². The number of rotatable bonds is 6. The van der Waals surface area contributed by atoms with Crippen molar-refractivity contribution in [1.29, 1.82) is 10.5 Å². The molecule has 0 bridgehead atoms. The average Bonchev–Trinajstić information content (AvgIpc) is 3.97. The summed E-state index contributed by atoms with van der Waals surface area (Å²) in [5.74, 6) is 1.75. The topological polar surface area (TPSA) is 126 Å². The number of nitrogens with zero attached hydrogens (tertiary/aromatic N) is 11. The fourth-order valence-corrected chi connectivity index (χ4v) is 7.33. The van der Waals surface area contributed by atoms with Gasteiger partial charge in [-0.05, 0) is 89.0 Å². The number of hydrogen-bond acceptors (Lipinski definition) is 10. The summed E-state index contributed by atoms with van der Waals surface area (Å²) >= 11 is 0. The second kappa shape index (κ2) is 16.5. The Kier molecular flexibility index (Phi) is 9.42. The van der Waals surface area contributed by atoms with Crippen molar-refractivity contribution in [3.8, 4) is 23.3 Å². The molecule has 0 radical (unpaired) electrons. The predicted molar refractivity (Wildman–Crippen MR) is 231 cm³/mol. The standard InChI is InChI=1S/C33H37N8.C14H6N3.Pt/c1-20(2)23-15-27(21(3)4)29(28(16-23)22(5)6)24-13-25(40-18-38(7)30-32(40)36-11-9-34-30)17-26(14-24)41-19-39(8)31-33(41)37-12-10-35-31;15-7-9-1-3-13-11(5-9)12-6-10(8-16)2-4-14(12)17-13;/h9-16,18-22H,1-8H3;1-6H;/q-3;-1;+4/i7D3,8D3;;. The van der Waals surface area contributed by atoms with Gasteiger partial charge in [-0.2, -0.15) is 10.5 Å². The Morgan fingerprint density at radius 1 is 0.627 bits per heavy atom. The minimum Gasteiger partial charge on any atom is -0.657 e. The van der Waals surface area contributed by atoms with Crippen molar-refractivity contribution in [2.45, 2.75) is 59.3 Å². The second-order valence-corrected chi connectivity index (χ2v) is 15.1. The summed E-state index contributed by atoms with van der Waals surface area (Å²) in [6, 6.07) is 26.9. The maximum Gasteiger partial charge on any atom is 4.00 e. The first kappa shape index (κ1) is 33.7. The maximum absolute atomic E-state index is 8.88. The van der Waals surface area contributed by atoms with E-state index in [1.807, 2.05) is 36.4 Å². The minimum atomic E-state index is -2.51. The van der Waals surface area contributed by atoms with Crippen LogP contribution in [0.5, 0.6) is 0 Å². The second-order valence-electron chi connectivity index (χ2n) is 15.1. The molecule has 3 aromatic heterocycles. The normalized spacial score (nSPS) is 15.0. The van der Waals surface area contributed by atoms with Crippen LogP contribution in [0.1, 0.15) is 95.3 Å². The van der Waals surface area contributed by atoms with Crippen LogP contribution in [0.3, 0.4) is 0 Å². The molecule has 4 aromatic carbocycles. The molecule has 2 aliphatic rings. The zero-order valence-electron chi connectivity index (χ0n) is 39.2. The van der Waals surface area contributed by atoms with Crippen LogP contribution in [0, 0.1) is 42.1 Å². The molecule has 5 heterocycles. The van der Waals surface area contributed by atoms with E-state index in [0.717, 1.165) is 42.7 Å². The molecule has 7 aromatic rings. The van der Waals surface area contributed by atoms with Crippen molar-refractivity contribution in [3.63, 3.8) is 0 Å². The van der Waals surface area contributed by atoms with Crippen LogP contribution in [0.25, 0.3) is 32.9 Å². The Bertz CT molecular complexity index is 2820. The van der Waals surface area contributed by atoms with Gasteiger partial charge >= 0.3 is 21.1 Å². The molecule has 0 N–H and O–H groups in total. The van der Waals surface area contributed by atoms with Gasteiger partial charge in [0.15, 0.2) is 0 Å². The first-order valence-corrected chi connectivity index (χ1v) is 18.9. The van der Waals surface area contributed by atoms with Crippen LogP contribution in [0.2, 0.25) is 0 Å². The Morgan fingerprint density at radius 2 is 1.07 bits per heavy atom. The van der Waals surface area contributed by atoms with Gasteiger partial charge < -0.3 is 24.6 Å². The van der Waals surface area contributed by atoms with Gasteiger partial charge in [-0.25, -0.2) is 19.9 Å². The molecule has 12 heteroatoms. The summed E-state index contributed by atoms with van der Waals surface area (Å²) in [5.41, 5.74) is 9.43. The van der Waals surface area contributed by atoms with E-state index in [2.05, 4.69) is 96.8 Å². The zero-order chi connectivity index (χ0) is 45.8. The molecule has 0 saturated heterocycles. The van der Waals surface area contributed by atoms with Crippen molar-refractivity contribution < 1.29 is 29.3 Å². The smallest absolute Gasteiger partial charge is 0.657 e. The third kappa shape index (κ3) is 7.59. The van der Waals surface area contributed by atoms with E-state index in [4.69, 9.17) is 18.7 Å². The third-order valence-electron chi connectivity index (χ3n) is 10.3. The number of anilines is 6. The van der Waals surface area contributed by atoms with E-state index < -0.39 is 14.0 Å². The number of benzene rings is 4. The largest absolute Gasteiger partial charge is 4.00 e. The van der Waals surface area contributed by atoms with Gasteiger partial charge in [0.25, 0.3) is 0 Å². The van der Waals surface area contributed by atoms with Gasteiger partial charge in [0.05, 0.1) is 23.3 Å². The molecule has 0 amide bonds. The molecule has 11 nitrogen and oxygen atoms in total. The molecule has 0 fully saturated rings. The molecular formula is C47H43N11Pt. The summed E-state index contributed by atoms with van der Waals surface area (Å²) in [4.78, 5) is 27.7. The Hall–Kier alpha value is -6.29. The summed E-state index contributed by atoms with van der Waals surface area (Å²) in [6.45, 7) is 11.0. The monoisotopic (exact) mass is 962 g/mol. The van der Waals surface area contributed by atoms with Crippen LogP contribution in [0.4, 0.5) is 34.6 Å². The Morgan fingerprint density at radius 3 is 1.46 bits per heavy atom. The van der Waals surface area contributed by atoms with Gasteiger partial charge in [-0.1, -0.05) is 65.8 Å². The summed E-state index contributed by atoms with van der Waals surface area (Å²) in [6.07, 6.45) is 5.94. The fourth-order valence-electron chi connectivity index (χ4n) is 7.33.